The van der Waals surface area contributed by atoms with Crippen molar-refractivity contribution in [3.63, 3.8) is 0 Å². The molecular formula is C15H15N5O3S. The van der Waals surface area contributed by atoms with Crippen LogP contribution in [0.1, 0.15) is 51.5 Å². The van der Waals surface area contributed by atoms with Gasteiger partial charge in [0.25, 0.3) is 11.5 Å². The molecule has 3 aromatic rings. The minimum absolute atomic E-state index is 0.00432. The molecule has 1 saturated carbocycles. The van der Waals surface area contributed by atoms with Crippen LogP contribution in [0.3, 0.4) is 0 Å². The normalized spacial score (nSPS) is 14.2. The Labute approximate surface area is 140 Å². The Hall–Kier alpha value is -2.55. The Kier molecular flexibility index (Phi) is 3.45. The van der Waals surface area contributed by atoms with Crippen molar-refractivity contribution in [2.24, 2.45) is 0 Å². The topological polar surface area (TPSA) is 102 Å². The molecule has 1 N–H and O–H groups in total. The second-order valence-electron chi connectivity index (χ2n) is 5.83. The minimum Gasteiger partial charge on any atom is -0.423 e. The lowest BCUT2D eigenvalue weighted by molar-refractivity contribution is 0.0945. The van der Waals surface area contributed by atoms with Gasteiger partial charge in [0, 0.05) is 22.7 Å². The molecule has 1 fully saturated rings. The van der Waals surface area contributed by atoms with Crippen molar-refractivity contribution in [3.8, 4) is 0 Å². The van der Waals surface area contributed by atoms with Gasteiger partial charge in [-0.15, -0.1) is 21.5 Å². The lowest BCUT2D eigenvalue weighted by Crippen LogP contribution is -2.31. The smallest absolute Gasteiger partial charge is 0.271 e. The summed E-state index contributed by atoms with van der Waals surface area (Å²) in [7, 11) is 0. The summed E-state index contributed by atoms with van der Waals surface area (Å²) < 4.78 is 6.95. The molecule has 0 saturated heterocycles. The Bertz CT molecular complexity index is 998. The average Bonchev–Trinajstić information content (AvgIpc) is 3.23. The van der Waals surface area contributed by atoms with Crippen molar-refractivity contribution >= 4 is 22.2 Å². The molecule has 3 heterocycles. The van der Waals surface area contributed by atoms with E-state index in [1.165, 1.54) is 21.9 Å². The number of carbonyl (C=O) groups is 1. The van der Waals surface area contributed by atoms with Crippen molar-refractivity contribution < 1.29 is 9.21 Å². The molecule has 0 spiro atoms. The van der Waals surface area contributed by atoms with Crippen LogP contribution in [0.4, 0.5) is 0 Å². The maximum atomic E-state index is 12.5. The highest BCUT2D eigenvalue weighted by atomic mass is 32.1. The quantitative estimate of drug-likeness (QED) is 0.770. The largest absolute Gasteiger partial charge is 0.423 e. The first kappa shape index (κ1) is 15.0. The second kappa shape index (κ2) is 5.52. The molecule has 0 radical (unpaired) electrons. The molecule has 1 aliphatic carbocycles. The van der Waals surface area contributed by atoms with Crippen molar-refractivity contribution in [2.45, 2.75) is 39.2 Å². The molecule has 0 unspecified atom stereocenters. The number of nitrogens with one attached hydrogen (secondary N) is 1. The van der Waals surface area contributed by atoms with E-state index in [1.54, 1.807) is 0 Å². The first-order chi connectivity index (χ1) is 11.5. The highest BCUT2D eigenvalue weighted by Gasteiger charge is 2.29. The zero-order valence-electron chi connectivity index (χ0n) is 13.2. The molecule has 4 rings (SSSR count). The summed E-state index contributed by atoms with van der Waals surface area (Å²) >= 11 is 1.42. The fraction of sp³-hybridized carbons (Fsp3) is 0.400. The van der Waals surface area contributed by atoms with Crippen LogP contribution in [-0.4, -0.2) is 25.5 Å². The lowest BCUT2D eigenvalue weighted by Gasteiger charge is -2.03. The molecule has 8 nitrogen and oxygen atoms in total. The fourth-order valence-electron chi connectivity index (χ4n) is 2.42. The number of amides is 1. The third kappa shape index (κ3) is 2.50. The van der Waals surface area contributed by atoms with Crippen LogP contribution in [-0.2, 0) is 6.54 Å². The standard InChI is InChI=1S/C15H15N5O3S/c1-7-8(2)24-15-17-5-10(14(22)20(7)15)12(21)16-6-11-18-19-13(23-11)9-3-4-9/h5,9H,3-4,6H2,1-2H3,(H,16,21). The predicted octanol–water partition coefficient (Wildman–Crippen LogP) is 1.56. The zero-order valence-corrected chi connectivity index (χ0v) is 14.0. The summed E-state index contributed by atoms with van der Waals surface area (Å²) in [5.74, 6) is 0.813. The Morgan fingerprint density at radius 3 is 2.96 bits per heavy atom. The molecule has 0 aliphatic heterocycles. The van der Waals surface area contributed by atoms with Crippen LogP contribution in [0.15, 0.2) is 15.4 Å². The van der Waals surface area contributed by atoms with Crippen molar-refractivity contribution in [1.29, 1.82) is 0 Å². The maximum absolute atomic E-state index is 12.5. The number of aromatic nitrogens is 4. The molecule has 1 aliphatic rings. The van der Waals surface area contributed by atoms with Gasteiger partial charge in [-0.05, 0) is 26.7 Å². The van der Waals surface area contributed by atoms with Crippen LogP contribution in [0.2, 0.25) is 0 Å². The van der Waals surface area contributed by atoms with Gasteiger partial charge >= 0.3 is 0 Å². The van der Waals surface area contributed by atoms with Gasteiger partial charge in [-0.1, -0.05) is 0 Å². The predicted molar refractivity (Wildman–Crippen MR) is 86.3 cm³/mol. The van der Waals surface area contributed by atoms with Gasteiger partial charge in [0.2, 0.25) is 11.8 Å². The highest BCUT2D eigenvalue weighted by Crippen LogP contribution is 2.38. The van der Waals surface area contributed by atoms with Crippen molar-refractivity contribution in [2.75, 3.05) is 0 Å². The minimum atomic E-state index is -0.503. The van der Waals surface area contributed by atoms with E-state index in [4.69, 9.17) is 4.42 Å². The van der Waals surface area contributed by atoms with E-state index >= 15 is 0 Å². The summed E-state index contributed by atoms with van der Waals surface area (Å²) in [6, 6.07) is 0. The number of fused-ring (bicyclic) bond motifs is 1. The van der Waals surface area contributed by atoms with Gasteiger partial charge in [-0.2, -0.15) is 0 Å². The second-order valence-corrected chi connectivity index (χ2v) is 7.01. The first-order valence-electron chi connectivity index (χ1n) is 7.63. The maximum Gasteiger partial charge on any atom is 0.271 e. The molecule has 1 amide bonds. The molecular weight excluding hydrogens is 330 g/mol. The number of thiazole rings is 1. The number of aryl methyl sites for hydroxylation is 2. The molecule has 24 heavy (non-hydrogen) atoms. The van der Waals surface area contributed by atoms with E-state index in [0.29, 0.717) is 22.7 Å². The third-order valence-electron chi connectivity index (χ3n) is 4.07. The van der Waals surface area contributed by atoms with Gasteiger partial charge in [0.05, 0.1) is 6.54 Å². The van der Waals surface area contributed by atoms with Crippen molar-refractivity contribution in [1.82, 2.24) is 24.9 Å². The number of nitrogens with zero attached hydrogens (tertiary/aromatic N) is 4. The van der Waals surface area contributed by atoms with E-state index in [-0.39, 0.29) is 17.7 Å². The highest BCUT2D eigenvalue weighted by molar-refractivity contribution is 7.17. The van der Waals surface area contributed by atoms with Gasteiger partial charge < -0.3 is 9.73 Å². The van der Waals surface area contributed by atoms with Gasteiger partial charge in [0.1, 0.15) is 5.56 Å². The fourth-order valence-corrected chi connectivity index (χ4v) is 3.35. The summed E-state index contributed by atoms with van der Waals surface area (Å²) in [6.45, 7) is 3.84. The van der Waals surface area contributed by atoms with Crippen LogP contribution in [0, 0.1) is 13.8 Å². The number of hydrogen-bond acceptors (Lipinski definition) is 7. The van der Waals surface area contributed by atoms with Crippen LogP contribution in [0.5, 0.6) is 0 Å². The third-order valence-corrected chi connectivity index (χ3v) is 5.14. The number of carbonyl (C=O) groups excluding carboxylic acids is 1. The number of hydrogen-bond donors (Lipinski definition) is 1. The first-order valence-corrected chi connectivity index (χ1v) is 8.44. The molecule has 0 bridgehead atoms. The zero-order chi connectivity index (χ0) is 16.8. The van der Waals surface area contributed by atoms with E-state index < -0.39 is 5.91 Å². The van der Waals surface area contributed by atoms with Crippen molar-refractivity contribution in [3.05, 3.63) is 44.5 Å². The monoisotopic (exact) mass is 345 g/mol. The molecule has 0 atom stereocenters. The Balaban J connectivity index is 1.55. The Morgan fingerprint density at radius 2 is 2.21 bits per heavy atom. The van der Waals surface area contributed by atoms with Crippen LogP contribution in [0.25, 0.3) is 4.96 Å². The number of rotatable bonds is 4. The Morgan fingerprint density at radius 1 is 1.42 bits per heavy atom. The molecule has 3 aromatic heterocycles. The van der Waals surface area contributed by atoms with Gasteiger partial charge in [-0.3, -0.25) is 14.0 Å². The van der Waals surface area contributed by atoms with E-state index in [9.17, 15) is 9.59 Å². The van der Waals surface area contributed by atoms with E-state index in [2.05, 4.69) is 20.5 Å². The summed E-state index contributed by atoms with van der Waals surface area (Å²) in [4.78, 5) is 30.6. The summed E-state index contributed by atoms with van der Waals surface area (Å²) in [5.41, 5.74) is 0.423. The van der Waals surface area contributed by atoms with Gasteiger partial charge in [-0.25, -0.2) is 4.98 Å². The summed E-state index contributed by atoms with van der Waals surface area (Å²) in [5, 5.41) is 10.5. The van der Waals surface area contributed by atoms with E-state index in [1.807, 2.05) is 13.8 Å². The van der Waals surface area contributed by atoms with Crippen LogP contribution < -0.4 is 10.9 Å². The van der Waals surface area contributed by atoms with Gasteiger partial charge in [0.15, 0.2) is 4.96 Å². The summed E-state index contributed by atoms with van der Waals surface area (Å²) in [6.07, 6.45) is 3.44. The molecule has 124 valence electrons. The molecule has 9 heteroatoms. The van der Waals surface area contributed by atoms with E-state index in [0.717, 1.165) is 23.4 Å². The molecule has 0 aromatic carbocycles. The van der Waals surface area contributed by atoms with Crippen LogP contribution >= 0.6 is 11.3 Å². The average molecular weight is 345 g/mol. The lowest BCUT2D eigenvalue weighted by atomic mass is 10.3. The SMILES string of the molecule is Cc1sc2ncc(C(=O)NCc3nnc(C4CC4)o3)c(=O)n2c1C.